The highest BCUT2D eigenvalue weighted by Crippen LogP contribution is 2.29. The van der Waals surface area contributed by atoms with E-state index in [1.807, 2.05) is 0 Å². The number of nitrogens with two attached hydrogens (primary N) is 1. The zero-order valence-electron chi connectivity index (χ0n) is 15.5. The van der Waals surface area contributed by atoms with Crippen LogP contribution in [0, 0.1) is 5.41 Å². The van der Waals surface area contributed by atoms with Crippen LogP contribution in [0.2, 0.25) is 10.0 Å². The van der Waals surface area contributed by atoms with Crippen LogP contribution in [0.1, 0.15) is 34.7 Å². The van der Waals surface area contributed by atoms with Crippen LogP contribution in [0.15, 0.2) is 42.5 Å². The Balaban J connectivity index is 2.02. The van der Waals surface area contributed by atoms with Gasteiger partial charge >= 0.3 is 5.97 Å². The minimum atomic E-state index is -1.09. The number of anilines is 1. The van der Waals surface area contributed by atoms with Crippen molar-refractivity contribution in [1.82, 2.24) is 10.9 Å². The van der Waals surface area contributed by atoms with Crippen molar-refractivity contribution in [1.29, 1.82) is 5.41 Å². The van der Waals surface area contributed by atoms with Crippen LogP contribution in [0.3, 0.4) is 0 Å². The van der Waals surface area contributed by atoms with E-state index in [1.165, 1.54) is 18.2 Å². The summed E-state index contributed by atoms with van der Waals surface area (Å²) in [6.07, 6.45) is -0.536. The van der Waals surface area contributed by atoms with Crippen molar-refractivity contribution < 1.29 is 19.5 Å². The number of carboxylic acids is 1. The number of benzene rings is 2. The van der Waals surface area contributed by atoms with Gasteiger partial charge in [-0.25, -0.2) is 0 Å². The standard InChI is InChI=1S/C19H19Cl2N5O4/c20-13-4-11(5-14(21)9-13)12(8-17(28)29)7-16(27)25-26-18(30)10-2-1-3-15(6-10)24-19(22)23/h1-6,9,12H,7-8H2,(H,25,27)(H,26,30)(H,28,29)(H4,22,23,24). The third-order valence-electron chi connectivity index (χ3n) is 3.93. The molecule has 0 radical (unpaired) electrons. The molecule has 0 saturated carbocycles. The quantitative estimate of drug-likeness (QED) is 0.215. The number of halogens is 2. The van der Waals surface area contributed by atoms with E-state index in [1.54, 1.807) is 24.3 Å². The van der Waals surface area contributed by atoms with Gasteiger partial charge in [-0.1, -0.05) is 29.3 Å². The summed E-state index contributed by atoms with van der Waals surface area (Å²) in [5, 5.41) is 19.6. The van der Waals surface area contributed by atoms with Crippen LogP contribution < -0.4 is 21.9 Å². The predicted octanol–water partition coefficient (Wildman–Crippen LogP) is 2.71. The summed E-state index contributed by atoms with van der Waals surface area (Å²) >= 11 is 11.9. The first-order valence-corrected chi connectivity index (χ1v) is 9.37. The van der Waals surface area contributed by atoms with Gasteiger partial charge in [0.15, 0.2) is 5.96 Å². The SMILES string of the molecule is N=C(N)Nc1cccc(C(=O)NNC(=O)CC(CC(=O)O)c2cc(Cl)cc(Cl)c2)c1. The van der Waals surface area contributed by atoms with Crippen molar-refractivity contribution in [2.45, 2.75) is 18.8 Å². The molecule has 9 nitrogen and oxygen atoms in total. The zero-order valence-corrected chi connectivity index (χ0v) is 17.1. The fraction of sp³-hybridized carbons (Fsp3) is 0.158. The Morgan fingerprint density at radius 1 is 1.03 bits per heavy atom. The van der Waals surface area contributed by atoms with Gasteiger partial charge in [-0.15, -0.1) is 0 Å². The molecule has 0 bridgehead atoms. The van der Waals surface area contributed by atoms with Crippen molar-refractivity contribution in [2.24, 2.45) is 5.73 Å². The molecule has 0 spiro atoms. The molecule has 0 aliphatic heterocycles. The fourth-order valence-corrected chi connectivity index (χ4v) is 3.24. The number of carbonyl (C=O) groups is 3. The molecule has 2 amide bonds. The molecule has 1 unspecified atom stereocenters. The number of aliphatic carboxylic acids is 1. The average molecular weight is 452 g/mol. The van der Waals surface area contributed by atoms with E-state index in [2.05, 4.69) is 16.2 Å². The second-order valence-electron chi connectivity index (χ2n) is 6.32. The topological polar surface area (TPSA) is 157 Å². The van der Waals surface area contributed by atoms with E-state index < -0.39 is 23.7 Å². The fourth-order valence-electron chi connectivity index (χ4n) is 2.70. The maximum absolute atomic E-state index is 12.3. The Bertz CT molecular complexity index is 963. The maximum atomic E-state index is 12.3. The molecule has 30 heavy (non-hydrogen) atoms. The number of hydrazine groups is 1. The summed E-state index contributed by atoms with van der Waals surface area (Å²) in [4.78, 5) is 35.7. The zero-order chi connectivity index (χ0) is 22.3. The summed E-state index contributed by atoms with van der Waals surface area (Å²) in [7, 11) is 0. The van der Waals surface area contributed by atoms with E-state index in [9.17, 15) is 14.4 Å². The molecule has 0 heterocycles. The van der Waals surface area contributed by atoms with Crippen molar-refractivity contribution >= 4 is 52.6 Å². The third kappa shape index (κ3) is 7.26. The minimum Gasteiger partial charge on any atom is -0.481 e. The number of nitrogens with one attached hydrogen (secondary N) is 4. The van der Waals surface area contributed by atoms with Crippen molar-refractivity contribution in [3.8, 4) is 0 Å². The number of guanidine groups is 1. The molecule has 2 aromatic rings. The summed E-state index contributed by atoms with van der Waals surface area (Å²) in [6.45, 7) is 0. The van der Waals surface area contributed by atoms with Crippen LogP contribution in [-0.4, -0.2) is 28.8 Å². The minimum absolute atomic E-state index is 0.213. The lowest BCUT2D eigenvalue weighted by Crippen LogP contribution is -2.42. The summed E-state index contributed by atoms with van der Waals surface area (Å²) in [5.74, 6) is -3.27. The number of carboxylic acid groups (broad SMARTS) is 1. The molecule has 0 aromatic heterocycles. The lowest BCUT2D eigenvalue weighted by molar-refractivity contribution is -0.137. The summed E-state index contributed by atoms with van der Waals surface area (Å²) in [5.41, 5.74) is 10.9. The normalized spacial score (nSPS) is 11.3. The molecule has 158 valence electrons. The van der Waals surface area contributed by atoms with Crippen LogP contribution in [0.4, 0.5) is 5.69 Å². The number of carbonyl (C=O) groups excluding carboxylic acids is 2. The molecule has 0 fully saturated rings. The molecule has 0 aliphatic rings. The number of rotatable bonds is 7. The van der Waals surface area contributed by atoms with Crippen molar-refractivity contribution in [3.63, 3.8) is 0 Å². The maximum Gasteiger partial charge on any atom is 0.303 e. The molecule has 0 aliphatic carbocycles. The second-order valence-corrected chi connectivity index (χ2v) is 7.20. The summed E-state index contributed by atoms with van der Waals surface area (Å²) < 4.78 is 0. The van der Waals surface area contributed by atoms with E-state index in [4.69, 9.17) is 39.5 Å². The third-order valence-corrected chi connectivity index (χ3v) is 4.36. The monoisotopic (exact) mass is 451 g/mol. The van der Waals surface area contributed by atoms with E-state index in [-0.39, 0.29) is 24.4 Å². The number of hydrogen-bond donors (Lipinski definition) is 6. The predicted molar refractivity (Wildman–Crippen MR) is 114 cm³/mol. The van der Waals surface area contributed by atoms with Crippen LogP contribution in [0.5, 0.6) is 0 Å². The van der Waals surface area contributed by atoms with Crippen LogP contribution in [0.25, 0.3) is 0 Å². The van der Waals surface area contributed by atoms with Crippen molar-refractivity contribution in [3.05, 3.63) is 63.6 Å². The molecule has 1 atom stereocenters. The smallest absolute Gasteiger partial charge is 0.303 e. The molecular formula is C19H19Cl2N5O4. The van der Waals surface area contributed by atoms with Gasteiger partial charge in [0, 0.05) is 33.6 Å². The average Bonchev–Trinajstić information content (AvgIpc) is 2.64. The van der Waals surface area contributed by atoms with Gasteiger partial charge in [0.1, 0.15) is 0 Å². The van der Waals surface area contributed by atoms with Gasteiger partial charge in [-0.2, -0.15) is 0 Å². The Kier molecular flexibility index (Phi) is 8.02. The first kappa shape index (κ1) is 23.0. The van der Waals surface area contributed by atoms with E-state index >= 15 is 0 Å². The van der Waals surface area contributed by atoms with Gasteiger partial charge in [-0.3, -0.25) is 30.6 Å². The summed E-state index contributed by atoms with van der Waals surface area (Å²) in [6, 6.07) is 10.7. The highest BCUT2D eigenvalue weighted by Gasteiger charge is 2.21. The molecule has 2 rings (SSSR count). The lowest BCUT2D eigenvalue weighted by Gasteiger charge is -2.16. The first-order chi connectivity index (χ1) is 14.1. The molecular weight excluding hydrogens is 433 g/mol. The van der Waals surface area contributed by atoms with Crippen LogP contribution >= 0.6 is 23.2 Å². The molecule has 2 aromatic carbocycles. The lowest BCUT2D eigenvalue weighted by atomic mass is 9.92. The Labute approximate surface area is 182 Å². The highest BCUT2D eigenvalue weighted by atomic mass is 35.5. The van der Waals surface area contributed by atoms with Gasteiger partial charge in [-0.05, 0) is 42.0 Å². The number of hydrogen-bond acceptors (Lipinski definition) is 4. The van der Waals surface area contributed by atoms with Gasteiger partial charge in [0.25, 0.3) is 5.91 Å². The highest BCUT2D eigenvalue weighted by molar-refractivity contribution is 6.34. The first-order valence-electron chi connectivity index (χ1n) is 8.62. The molecule has 0 saturated heterocycles. The van der Waals surface area contributed by atoms with E-state index in [0.29, 0.717) is 21.3 Å². The number of amides is 2. The van der Waals surface area contributed by atoms with Gasteiger partial charge < -0.3 is 16.2 Å². The second kappa shape index (κ2) is 10.5. The molecule has 11 heteroatoms. The molecule has 7 N–H and O–H groups in total. The van der Waals surface area contributed by atoms with Gasteiger partial charge in [0.05, 0.1) is 6.42 Å². The van der Waals surface area contributed by atoms with E-state index in [0.717, 1.165) is 0 Å². The van der Waals surface area contributed by atoms with Crippen LogP contribution in [-0.2, 0) is 9.59 Å². The Hall–Kier alpha value is -3.30. The van der Waals surface area contributed by atoms with Crippen molar-refractivity contribution in [2.75, 3.05) is 5.32 Å². The Morgan fingerprint density at radius 2 is 1.70 bits per heavy atom. The van der Waals surface area contributed by atoms with Gasteiger partial charge in [0.2, 0.25) is 5.91 Å². The largest absolute Gasteiger partial charge is 0.481 e. The Morgan fingerprint density at radius 3 is 2.30 bits per heavy atom.